The molecule has 3 rings (SSSR count). The van der Waals surface area contributed by atoms with E-state index in [-0.39, 0.29) is 17.6 Å². The van der Waals surface area contributed by atoms with Crippen LogP contribution in [-0.2, 0) is 4.74 Å². The van der Waals surface area contributed by atoms with Crippen LogP contribution in [0.4, 0.5) is 5.69 Å². The Labute approximate surface area is 139 Å². The average Bonchev–Trinajstić information content (AvgIpc) is 3.12. The van der Waals surface area contributed by atoms with Crippen LogP contribution in [0.25, 0.3) is 0 Å². The summed E-state index contributed by atoms with van der Waals surface area (Å²) in [6.07, 6.45) is 3.59. The number of hydrogen-bond donors (Lipinski definition) is 2. The maximum Gasteiger partial charge on any atom is 0.337 e. The van der Waals surface area contributed by atoms with Crippen LogP contribution in [0.1, 0.15) is 39.7 Å². The Morgan fingerprint density at radius 3 is 2.88 bits per heavy atom. The topological polar surface area (TPSA) is 98.1 Å². The van der Waals surface area contributed by atoms with Crippen LogP contribution >= 0.6 is 0 Å². The molecule has 1 aliphatic rings. The van der Waals surface area contributed by atoms with Crippen molar-refractivity contribution >= 4 is 17.6 Å². The molecule has 1 fully saturated rings. The van der Waals surface area contributed by atoms with E-state index in [1.54, 1.807) is 35.1 Å². The average molecular weight is 329 g/mol. The third kappa shape index (κ3) is 3.60. The fourth-order valence-corrected chi connectivity index (χ4v) is 2.67. The van der Waals surface area contributed by atoms with Crippen molar-refractivity contribution < 1.29 is 14.3 Å². The van der Waals surface area contributed by atoms with Crippen molar-refractivity contribution in [3.8, 4) is 0 Å². The number of nitrogens with one attached hydrogen (secondary N) is 2. The molecule has 0 atom stereocenters. The number of carbonyl (C=O) groups is 2. The second kappa shape index (κ2) is 7.22. The molecule has 0 saturated carbocycles. The highest BCUT2D eigenvalue weighted by Crippen LogP contribution is 2.18. The van der Waals surface area contributed by atoms with E-state index in [1.807, 2.05) is 0 Å². The minimum Gasteiger partial charge on any atom is -0.465 e. The molecule has 1 saturated heterocycles. The molecule has 0 bridgehead atoms. The number of aromatic nitrogens is 3. The molecule has 24 heavy (non-hydrogen) atoms. The van der Waals surface area contributed by atoms with E-state index >= 15 is 0 Å². The van der Waals surface area contributed by atoms with Crippen molar-refractivity contribution in [2.45, 2.75) is 18.9 Å². The Kier molecular flexibility index (Phi) is 4.85. The molecule has 8 heteroatoms. The molecule has 2 aromatic rings. The van der Waals surface area contributed by atoms with Crippen molar-refractivity contribution in [1.82, 2.24) is 20.3 Å². The molecule has 126 valence electrons. The van der Waals surface area contributed by atoms with Gasteiger partial charge in [-0.05, 0) is 44.1 Å². The molecule has 0 aliphatic carbocycles. The van der Waals surface area contributed by atoms with Gasteiger partial charge < -0.3 is 15.4 Å². The Balaban J connectivity index is 1.69. The van der Waals surface area contributed by atoms with Gasteiger partial charge in [-0.3, -0.25) is 4.79 Å². The highest BCUT2D eigenvalue weighted by Gasteiger charge is 2.19. The molecule has 0 unspecified atom stereocenters. The molecular formula is C16H19N5O3. The summed E-state index contributed by atoms with van der Waals surface area (Å²) < 4.78 is 6.42. The van der Waals surface area contributed by atoms with Gasteiger partial charge in [0.15, 0.2) is 5.69 Å². The van der Waals surface area contributed by atoms with Crippen LogP contribution in [-0.4, -0.2) is 47.1 Å². The predicted molar refractivity (Wildman–Crippen MR) is 86.9 cm³/mol. The summed E-state index contributed by atoms with van der Waals surface area (Å²) >= 11 is 0. The summed E-state index contributed by atoms with van der Waals surface area (Å²) in [5, 5.41) is 14.0. The van der Waals surface area contributed by atoms with Gasteiger partial charge in [-0.15, -0.1) is 5.10 Å². The lowest BCUT2D eigenvalue weighted by Gasteiger charge is -2.22. The molecular weight excluding hydrogens is 310 g/mol. The molecule has 0 spiro atoms. The molecule has 0 radical (unpaired) electrons. The normalized spacial score (nSPS) is 15.0. The van der Waals surface area contributed by atoms with Crippen LogP contribution < -0.4 is 10.6 Å². The Hall–Kier alpha value is -2.74. The van der Waals surface area contributed by atoms with Crippen molar-refractivity contribution in [2.75, 3.05) is 25.5 Å². The monoisotopic (exact) mass is 329 g/mol. The third-order valence-corrected chi connectivity index (χ3v) is 3.97. The Morgan fingerprint density at radius 2 is 2.12 bits per heavy atom. The summed E-state index contributed by atoms with van der Waals surface area (Å²) in [5.41, 5.74) is 1.12. The summed E-state index contributed by atoms with van der Waals surface area (Å²) in [6.45, 7) is 1.87. The van der Waals surface area contributed by atoms with E-state index < -0.39 is 5.97 Å². The molecule has 1 aromatic heterocycles. The highest BCUT2D eigenvalue weighted by molar-refractivity contribution is 6.03. The van der Waals surface area contributed by atoms with Crippen LogP contribution in [0.15, 0.2) is 30.5 Å². The van der Waals surface area contributed by atoms with Gasteiger partial charge in [0.05, 0.1) is 24.9 Å². The van der Waals surface area contributed by atoms with Crippen molar-refractivity contribution in [3.05, 3.63) is 41.7 Å². The first-order chi connectivity index (χ1) is 11.7. The number of amides is 1. The summed E-state index contributed by atoms with van der Waals surface area (Å²) in [6, 6.07) is 6.81. The fourth-order valence-electron chi connectivity index (χ4n) is 2.67. The highest BCUT2D eigenvalue weighted by atomic mass is 16.5. The number of anilines is 1. The maximum absolute atomic E-state index is 12.3. The Morgan fingerprint density at radius 1 is 1.33 bits per heavy atom. The first-order valence-electron chi connectivity index (χ1n) is 7.79. The molecule has 1 aliphatic heterocycles. The fraction of sp³-hybridized carbons (Fsp3) is 0.375. The molecule has 8 nitrogen and oxygen atoms in total. The lowest BCUT2D eigenvalue weighted by atomic mass is 10.1. The van der Waals surface area contributed by atoms with Crippen LogP contribution in [0, 0.1) is 0 Å². The zero-order chi connectivity index (χ0) is 16.9. The summed E-state index contributed by atoms with van der Waals surface area (Å²) in [7, 11) is 1.31. The SMILES string of the molecule is COC(=O)c1cccc(NC(=O)c2cn(C3CCNCC3)nn2)c1. The number of rotatable bonds is 4. The second-order valence-corrected chi connectivity index (χ2v) is 5.59. The van der Waals surface area contributed by atoms with Crippen molar-refractivity contribution in [1.29, 1.82) is 0 Å². The van der Waals surface area contributed by atoms with Gasteiger partial charge in [-0.25, -0.2) is 9.48 Å². The number of esters is 1. The zero-order valence-electron chi connectivity index (χ0n) is 13.4. The number of methoxy groups -OCH3 is 1. The van der Waals surface area contributed by atoms with Crippen LogP contribution in [0.3, 0.4) is 0 Å². The number of hydrogen-bond acceptors (Lipinski definition) is 6. The predicted octanol–water partition coefficient (Wildman–Crippen LogP) is 1.24. The first kappa shape index (κ1) is 16.1. The quantitative estimate of drug-likeness (QED) is 0.819. The summed E-state index contributed by atoms with van der Waals surface area (Å²) in [4.78, 5) is 23.8. The van der Waals surface area contributed by atoms with Crippen LogP contribution in [0.2, 0.25) is 0 Å². The van der Waals surface area contributed by atoms with Gasteiger partial charge in [0.2, 0.25) is 0 Å². The first-order valence-corrected chi connectivity index (χ1v) is 7.79. The van der Waals surface area contributed by atoms with Gasteiger partial charge in [0, 0.05) is 5.69 Å². The largest absolute Gasteiger partial charge is 0.465 e. The standard InChI is InChI=1S/C16H19N5O3/c1-24-16(23)11-3-2-4-12(9-11)18-15(22)14-10-21(20-19-14)13-5-7-17-8-6-13/h2-4,9-10,13,17H,5-8H2,1H3,(H,18,22). The number of piperidine rings is 1. The van der Waals surface area contributed by atoms with Gasteiger partial charge in [-0.2, -0.15) is 0 Å². The van der Waals surface area contributed by atoms with Gasteiger partial charge in [0.1, 0.15) is 0 Å². The van der Waals surface area contributed by atoms with Crippen molar-refractivity contribution in [3.63, 3.8) is 0 Å². The van der Waals surface area contributed by atoms with E-state index in [2.05, 4.69) is 25.7 Å². The Bertz CT molecular complexity index is 737. The third-order valence-electron chi connectivity index (χ3n) is 3.97. The number of nitrogens with zero attached hydrogens (tertiary/aromatic N) is 3. The molecule has 1 amide bonds. The van der Waals surface area contributed by atoms with Crippen LogP contribution in [0.5, 0.6) is 0 Å². The zero-order valence-corrected chi connectivity index (χ0v) is 13.4. The molecule has 2 heterocycles. The van der Waals surface area contributed by atoms with Gasteiger partial charge >= 0.3 is 5.97 Å². The summed E-state index contributed by atoms with van der Waals surface area (Å²) in [5.74, 6) is -0.819. The number of ether oxygens (including phenoxy) is 1. The lowest BCUT2D eigenvalue weighted by Crippen LogP contribution is -2.29. The molecule has 2 N–H and O–H groups in total. The van der Waals surface area contributed by atoms with Gasteiger partial charge in [-0.1, -0.05) is 11.3 Å². The van der Waals surface area contributed by atoms with E-state index in [0.29, 0.717) is 11.3 Å². The van der Waals surface area contributed by atoms with E-state index in [0.717, 1.165) is 25.9 Å². The second-order valence-electron chi connectivity index (χ2n) is 5.59. The minimum absolute atomic E-state index is 0.247. The number of carbonyl (C=O) groups excluding carboxylic acids is 2. The smallest absolute Gasteiger partial charge is 0.337 e. The van der Waals surface area contributed by atoms with E-state index in [1.165, 1.54) is 7.11 Å². The number of benzene rings is 1. The van der Waals surface area contributed by atoms with Gasteiger partial charge in [0.25, 0.3) is 5.91 Å². The molecule has 1 aromatic carbocycles. The van der Waals surface area contributed by atoms with Crippen molar-refractivity contribution in [2.24, 2.45) is 0 Å². The van der Waals surface area contributed by atoms with E-state index in [4.69, 9.17) is 0 Å². The van der Waals surface area contributed by atoms with E-state index in [9.17, 15) is 9.59 Å². The minimum atomic E-state index is -0.456. The lowest BCUT2D eigenvalue weighted by molar-refractivity contribution is 0.0600. The maximum atomic E-state index is 12.3.